The fraction of sp³-hybridized carbons (Fsp3) is 0.412. The van der Waals surface area contributed by atoms with Gasteiger partial charge in [0.25, 0.3) is 0 Å². The normalized spacial score (nSPS) is 37.7. The van der Waals surface area contributed by atoms with E-state index in [-0.39, 0.29) is 11.8 Å². The summed E-state index contributed by atoms with van der Waals surface area (Å²) in [5.74, 6) is -1.14. The second-order valence-corrected chi connectivity index (χ2v) is 7.02. The average molecular weight is 334 g/mol. The molecular weight excluding hydrogens is 318 g/mol. The Balaban J connectivity index is 1.84. The van der Waals surface area contributed by atoms with Crippen molar-refractivity contribution in [3.63, 3.8) is 0 Å². The predicted molar refractivity (Wildman–Crippen MR) is 84.5 cm³/mol. The van der Waals surface area contributed by atoms with Crippen LogP contribution < -0.4 is 9.64 Å². The zero-order chi connectivity index (χ0) is 16.6. The van der Waals surface area contributed by atoms with E-state index >= 15 is 0 Å². The van der Waals surface area contributed by atoms with Gasteiger partial charge in [0.15, 0.2) is 0 Å². The second-order valence-electron chi connectivity index (χ2n) is 6.59. The molecule has 3 aliphatic heterocycles. The van der Waals surface area contributed by atoms with Crippen molar-refractivity contribution in [3.05, 3.63) is 35.4 Å². The highest BCUT2D eigenvalue weighted by molar-refractivity contribution is 6.31. The first-order valence-electron chi connectivity index (χ1n) is 7.43. The summed E-state index contributed by atoms with van der Waals surface area (Å²) in [6, 6.07) is 4.89. The minimum atomic E-state index is -0.743. The monoisotopic (exact) mass is 333 g/mol. The van der Waals surface area contributed by atoms with Crippen LogP contribution in [0.4, 0.5) is 5.69 Å². The zero-order valence-electron chi connectivity index (χ0n) is 13.0. The molecule has 4 rings (SSSR count). The van der Waals surface area contributed by atoms with Crippen LogP contribution in [0, 0.1) is 11.8 Å². The molecule has 2 bridgehead atoms. The van der Waals surface area contributed by atoms with E-state index in [0.29, 0.717) is 16.5 Å². The van der Waals surface area contributed by atoms with Crippen molar-refractivity contribution in [3.8, 4) is 5.75 Å². The van der Waals surface area contributed by atoms with E-state index in [4.69, 9.17) is 21.1 Å². The summed E-state index contributed by atoms with van der Waals surface area (Å²) in [6.07, 6.45) is 3.77. The van der Waals surface area contributed by atoms with Gasteiger partial charge in [0.05, 0.1) is 35.8 Å². The minimum absolute atomic E-state index is 0.267. The van der Waals surface area contributed by atoms with Crippen LogP contribution in [0.1, 0.15) is 13.8 Å². The molecule has 1 aromatic carbocycles. The van der Waals surface area contributed by atoms with E-state index in [1.165, 1.54) is 12.0 Å². The number of methoxy groups -OCH3 is 1. The second kappa shape index (κ2) is 4.36. The summed E-state index contributed by atoms with van der Waals surface area (Å²) in [5, 5.41) is 0.438. The number of carbonyl (C=O) groups is 2. The molecule has 23 heavy (non-hydrogen) atoms. The van der Waals surface area contributed by atoms with Gasteiger partial charge in [-0.2, -0.15) is 0 Å². The Morgan fingerprint density at radius 1 is 1.13 bits per heavy atom. The van der Waals surface area contributed by atoms with Crippen molar-refractivity contribution in [1.29, 1.82) is 0 Å². The Labute approximate surface area is 138 Å². The third-order valence-electron chi connectivity index (χ3n) is 5.11. The third kappa shape index (κ3) is 1.72. The molecule has 4 atom stereocenters. The lowest BCUT2D eigenvalue weighted by Gasteiger charge is -2.26. The molecule has 0 saturated carbocycles. The van der Waals surface area contributed by atoms with Crippen LogP contribution in [0.2, 0.25) is 5.02 Å². The first kappa shape index (κ1) is 14.7. The van der Waals surface area contributed by atoms with Crippen LogP contribution in [0.3, 0.4) is 0 Å². The molecule has 0 radical (unpaired) electrons. The van der Waals surface area contributed by atoms with Gasteiger partial charge >= 0.3 is 0 Å². The number of amides is 2. The van der Waals surface area contributed by atoms with Gasteiger partial charge in [0, 0.05) is 5.02 Å². The van der Waals surface area contributed by atoms with Crippen LogP contribution in [0.5, 0.6) is 5.75 Å². The van der Waals surface area contributed by atoms with Gasteiger partial charge in [0.1, 0.15) is 5.75 Å². The topological polar surface area (TPSA) is 55.8 Å². The maximum absolute atomic E-state index is 13.0. The SMILES string of the molecule is COc1ccc(Cl)cc1N1C(=O)[C@@H]2[C@@H](C1=O)[C@@]1(C)C=C[C@@]2(C)O1. The highest BCUT2D eigenvalue weighted by atomic mass is 35.5. The van der Waals surface area contributed by atoms with Crippen molar-refractivity contribution in [1.82, 2.24) is 0 Å². The minimum Gasteiger partial charge on any atom is -0.495 e. The third-order valence-corrected chi connectivity index (χ3v) is 5.34. The quantitative estimate of drug-likeness (QED) is 0.616. The Bertz CT molecular complexity index is 740. The number of anilines is 1. The average Bonchev–Trinajstić information content (AvgIpc) is 3.04. The molecule has 1 aromatic rings. The van der Waals surface area contributed by atoms with Crippen LogP contribution in [-0.2, 0) is 14.3 Å². The van der Waals surface area contributed by atoms with E-state index in [1.54, 1.807) is 18.2 Å². The number of hydrogen-bond donors (Lipinski definition) is 0. The Hall–Kier alpha value is -1.85. The molecule has 2 saturated heterocycles. The molecule has 5 nitrogen and oxygen atoms in total. The standard InChI is InChI=1S/C17H16ClNO4/c1-16-6-7-17(2,23-16)13-12(16)14(20)19(15(13)21)10-8-9(18)4-5-11(10)22-3/h4-8,12-13H,1-3H3/t12-,13-,16+,17+/m0/s1. The summed E-state index contributed by atoms with van der Waals surface area (Å²) in [6.45, 7) is 3.70. The van der Waals surface area contributed by atoms with Gasteiger partial charge < -0.3 is 9.47 Å². The van der Waals surface area contributed by atoms with E-state index in [0.717, 1.165) is 0 Å². The predicted octanol–water partition coefficient (Wildman–Crippen LogP) is 2.57. The van der Waals surface area contributed by atoms with Crippen molar-refractivity contribution in [2.45, 2.75) is 25.0 Å². The van der Waals surface area contributed by atoms with Gasteiger partial charge in [-0.1, -0.05) is 23.8 Å². The molecule has 0 unspecified atom stereocenters. The molecule has 2 fully saturated rings. The number of nitrogens with zero attached hydrogens (tertiary/aromatic N) is 1. The van der Waals surface area contributed by atoms with E-state index in [9.17, 15) is 9.59 Å². The number of halogens is 1. The van der Waals surface area contributed by atoms with Crippen molar-refractivity contribution in [2.75, 3.05) is 12.0 Å². The lowest BCUT2D eigenvalue weighted by molar-refractivity contribution is -0.128. The van der Waals surface area contributed by atoms with Gasteiger partial charge in [-0.3, -0.25) is 9.59 Å². The highest BCUT2D eigenvalue weighted by Crippen LogP contribution is 2.58. The van der Waals surface area contributed by atoms with Gasteiger partial charge in [-0.05, 0) is 32.0 Å². The fourth-order valence-corrected chi connectivity index (χ4v) is 4.27. The fourth-order valence-electron chi connectivity index (χ4n) is 4.11. The summed E-state index contributed by atoms with van der Waals surface area (Å²) in [7, 11) is 1.50. The molecule has 0 N–H and O–H groups in total. The number of ether oxygens (including phenoxy) is 2. The maximum atomic E-state index is 13.0. The molecule has 6 heteroatoms. The Kier molecular flexibility index (Phi) is 2.79. The number of rotatable bonds is 2. The van der Waals surface area contributed by atoms with Crippen molar-refractivity contribution in [2.24, 2.45) is 11.8 Å². The lowest BCUT2D eigenvalue weighted by Crippen LogP contribution is -2.39. The van der Waals surface area contributed by atoms with Crippen LogP contribution in [0.15, 0.2) is 30.4 Å². The molecule has 120 valence electrons. The largest absolute Gasteiger partial charge is 0.495 e. The number of benzene rings is 1. The van der Waals surface area contributed by atoms with Crippen molar-refractivity contribution >= 4 is 29.1 Å². The van der Waals surface area contributed by atoms with Gasteiger partial charge in [0.2, 0.25) is 11.8 Å². The molecular formula is C17H16ClNO4. The van der Waals surface area contributed by atoms with E-state index in [2.05, 4.69) is 0 Å². The van der Waals surface area contributed by atoms with Gasteiger partial charge in [-0.25, -0.2) is 4.90 Å². The lowest BCUT2D eigenvalue weighted by atomic mass is 9.73. The molecule has 2 amide bonds. The number of fused-ring (bicyclic) bond motifs is 5. The van der Waals surface area contributed by atoms with Gasteiger partial charge in [-0.15, -0.1) is 0 Å². The Morgan fingerprint density at radius 3 is 2.22 bits per heavy atom. The smallest absolute Gasteiger partial charge is 0.241 e. The van der Waals surface area contributed by atoms with Crippen LogP contribution >= 0.6 is 11.6 Å². The van der Waals surface area contributed by atoms with Crippen LogP contribution in [0.25, 0.3) is 0 Å². The summed E-state index contributed by atoms with van der Waals surface area (Å²) < 4.78 is 11.3. The van der Waals surface area contributed by atoms with Crippen LogP contribution in [-0.4, -0.2) is 30.1 Å². The highest BCUT2D eigenvalue weighted by Gasteiger charge is 2.70. The van der Waals surface area contributed by atoms with E-state index < -0.39 is 23.0 Å². The summed E-state index contributed by atoms with van der Waals surface area (Å²) >= 11 is 6.05. The van der Waals surface area contributed by atoms with Crippen molar-refractivity contribution < 1.29 is 19.1 Å². The number of imide groups is 1. The zero-order valence-corrected chi connectivity index (χ0v) is 13.8. The Morgan fingerprint density at radius 2 is 1.70 bits per heavy atom. The molecule has 3 heterocycles. The molecule has 0 aromatic heterocycles. The molecule has 0 spiro atoms. The first-order valence-corrected chi connectivity index (χ1v) is 7.80. The molecule has 0 aliphatic carbocycles. The molecule has 3 aliphatic rings. The summed E-state index contributed by atoms with van der Waals surface area (Å²) in [5.41, 5.74) is -1.10. The van der Waals surface area contributed by atoms with E-state index in [1.807, 2.05) is 26.0 Å². The summed E-state index contributed by atoms with van der Waals surface area (Å²) in [4.78, 5) is 27.2. The number of carbonyl (C=O) groups excluding carboxylic acids is 2. The maximum Gasteiger partial charge on any atom is 0.241 e. The first-order chi connectivity index (χ1) is 10.8. The number of hydrogen-bond acceptors (Lipinski definition) is 4.